The summed E-state index contributed by atoms with van der Waals surface area (Å²) >= 11 is 0. The van der Waals surface area contributed by atoms with Crippen molar-refractivity contribution in [3.05, 3.63) is 76.2 Å². The average Bonchev–Trinajstić information content (AvgIpc) is 2.76. The summed E-state index contributed by atoms with van der Waals surface area (Å²) in [6.45, 7) is 1.02. The highest BCUT2D eigenvalue weighted by molar-refractivity contribution is 5.87. The molecule has 2 heterocycles. The van der Waals surface area contributed by atoms with Gasteiger partial charge < -0.3 is 10.0 Å². The van der Waals surface area contributed by atoms with Gasteiger partial charge in [0.15, 0.2) is 0 Å². The van der Waals surface area contributed by atoms with Gasteiger partial charge in [-0.15, -0.1) is 0 Å². The molecule has 1 amide bonds. The standard InChI is InChI=1S/C22H21N3O4/c26-20(14-25-21(27)19-9-2-1-5-17(19)12-23-25)24-10-4-8-18(13-24)15-6-3-7-16(11-15)22(28)29/h1-3,5-7,9,11-12,18H,4,8,10,13-14H2,(H,28,29). The zero-order valence-electron chi connectivity index (χ0n) is 15.8. The Labute approximate surface area is 167 Å². The highest BCUT2D eigenvalue weighted by atomic mass is 16.4. The van der Waals surface area contributed by atoms with E-state index in [0.29, 0.717) is 18.5 Å². The Morgan fingerprint density at radius 3 is 2.79 bits per heavy atom. The molecule has 1 aliphatic rings. The summed E-state index contributed by atoms with van der Waals surface area (Å²) < 4.78 is 1.21. The van der Waals surface area contributed by atoms with Crippen LogP contribution in [0.15, 0.2) is 59.5 Å². The number of hydrogen-bond acceptors (Lipinski definition) is 4. The number of fused-ring (bicyclic) bond motifs is 1. The fourth-order valence-electron chi connectivity index (χ4n) is 3.87. The molecule has 1 N–H and O–H groups in total. The molecule has 3 aromatic rings. The molecule has 1 aromatic heterocycles. The van der Waals surface area contributed by atoms with E-state index in [4.69, 9.17) is 0 Å². The van der Waals surface area contributed by atoms with Crippen LogP contribution in [0.4, 0.5) is 0 Å². The summed E-state index contributed by atoms with van der Waals surface area (Å²) in [5.74, 6) is -1.04. The van der Waals surface area contributed by atoms with Crippen molar-refractivity contribution in [3.8, 4) is 0 Å². The maximum Gasteiger partial charge on any atom is 0.335 e. The van der Waals surface area contributed by atoms with E-state index >= 15 is 0 Å². The van der Waals surface area contributed by atoms with Gasteiger partial charge in [-0.25, -0.2) is 9.48 Å². The van der Waals surface area contributed by atoms with Gasteiger partial charge in [-0.3, -0.25) is 9.59 Å². The monoisotopic (exact) mass is 391 g/mol. The van der Waals surface area contributed by atoms with Crippen molar-refractivity contribution in [3.63, 3.8) is 0 Å². The predicted molar refractivity (Wildman–Crippen MR) is 108 cm³/mol. The summed E-state index contributed by atoms with van der Waals surface area (Å²) in [7, 11) is 0. The molecule has 4 rings (SSSR count). The number of rotatable bonds is 4. The molecule has 1 fully saturated rings. The summed E-state index contributed by atoms with van der Waals surface area (Å²) in [4.78, 5) is 38.4. The molecule has 1 saturated heterocycles. The Morgan fingerprint density at radius 2 is 1.97 bits per heavy atom. The lowest BCUT2D eigenvalue weighted by Gasteiger charge is -2.33. The van der Waals surface area contributed by atoms with E-state index in [1.165, 1.54) is 4.68 Å². The number of benzene rings is 2. The first kappa shape index (κ1) is 18.9. The molecule has 0 saturated carbocycles. The van der Waals surface area contributed by atoms with E-state index in [1.54, 1.807) is 41.4 Å². The number of amides is 1. The summed E-state index contributed by atoms with van der Waals surface area (Å²) in [5, 5.41) is 14.6. The topological polar surface area (TPSA) is 92.5 Å². The third-order valence-electron chi connectivity index (χ3n) is 5.43. The second kappa shape index (κ2) is 7.87. The van der Waals surface area contributed by atoms with Crippen LogP contribution in [0.2, 0.25) is 0 Å². The first-order valence-electron chi connectivity index (χ1n) is 9.59. The minimum absolute atomic E-state index is 0.0771. The lowest BCUT2D eigenvalue weighted by Crippen LogP contribution is -2.42. The molecule has 0 radical (unpaired) electrons. The van der Waals surface area contributed by atoms with E-state index in [2.05, 4.69) is 5.10 Å². The Morgan fingerprint density at radius 1 is 1.14 bits per heavy atom. The van der Waals surface area contributed by atoms with Gasteiger partial charge in [-0.05, 0) is 36.6 Å². The van der Waals surface area contributed by atoms with Gasteiger partial charge in [0.1, 0.15) is 6.54 Å². The number of aromatic carboxylic acids is 1. The van der Waals surface area contributed by atoms with Crippen LogP contribution >= 0.6 is 0 Å². The molecule has 1 unspecified atom stereocenters. The minimum Gasteiger partial charge on any atom is -0.478 e. The van der Waals surface area contributed by atoms with Gasteiger partial charge in [-0.1, -0.05) is 30.3 Å². The van der Waals surface area contributed by atoms with Crippen molar-refractivity contribution in [2.75, 3.05) is 13.1 Å². The van der Waals surface area contributed by atoms with Crippen molar-refractivity contribution < 1.29 is 14.7 Å². The lowest BCUT2D eigenvalue weighted by atomic mass is 9.89. The van der Waals surface area contributed by atoms with E-state index in [-0.39, 0.29) is 29.5 Å². The first-order valence-corrected chi connectivity index (χ1v) is 9.59. The van der Waals surface area contributed by atoms with Crippen LogP contribution < -0.4 is 5.56 Å². The maximum absolute atomic E-state index is 12.8. The second-order valence-corrected chi connectivity index (χ2v) is 7.30. The lowest BCUT2D eigenvalue weighted by molar-refractivity contribution is -0.133. The predicted octanol–water partition coefficient (Wildman–Crippen LogP) is 2.50. The van der Waals surface area contributed by atoms with Gasteiger partial charge in [0.25, 0.3) is 5.56 Å². The van der Waals surface area contributed by atoms with Gasteiger partial charge in [0.05, 0.1) is 17.1 Å². The number of aromatic nitrogens is 2. The van der Waals surface area contributed by atoms with Gasteiger partial charge in [-0.2, -0.15) is 5.10 Å². The number of hydrogen-bond donors (Lipinski definition) is 1. The normalized spacial score (nSPS) is 16.7. The van der Waals surface area contributed by atoms with E-state index < -0.39 is 5.97 Å². The maximum atomic E-state index is 12.8. The quantitative estimate of drug-likeness (QED) is 0.738. The van der Waals surface area contributed by atoms with Gasteiger partial charge >= 0.3 is 5.97 Å². The van der Waals surface area contributed by atoms with Crippen molar-refractivity contribution in [2.24, 2.45) is 0 Å². The zero-order valence-corrected chi connectivity index (χ0v) is 15.8. The number of likely N-dealkylation sites (tertiary alicyclic amines) is 1. The number of piperidine rings is 1. The summed E-state index contributed by atoms with van der Waals surface area (Å²) in [6, 6.07) is 14.1. The van der Waals surface area contributed by atoms with E-state index in [0.717, 1.165) is 23.8 Å². The molecule has 0 bridgehead atoms. The molecule has 0 aliphatic carbocycles. The van der Waals surface area contributed by atoms with Crippen molar-refractivity contribution in [1.82, 2.24) is 14.7 Å². The molecule has 2 aromatic carbocycles. The SMILES string of the molecule is O=C(O)c1cccc(C2CCCN(C(=O)Cn3ncc4ccccc4c3=O)C2)c1. The Balaban J connectivity index is 1.51. The van der Waals surface area contributed by atoms with Crippen molar-refractivity contribution in [1.29, 1.82) is 0 Å². The largest absolute Gasteiger partial charge is 0.478 e. The molecule has 0 spiro atoms. The van der Waals surface area contributed by atoms with Crippen LogP contribution in [0.5, 0.6) is 0 Å². The number of carbonyl (C=O) groups is 2. The molecular formula is C22H21N3O4. The Bertz CT molecular complexity index is 1140. The second-order valence-electron chi connectivity index (χ2n) is 7.30. The van der Waals surface area contributed by atoms with Crippen molar-refractivity contribution >= 4 is 22.6 Å². The molecule has 7 heteroatoms. The third kappa shape index (κ3) is 3.89. The smallest absolute Gasteiger partial charge is 0.335 e. The zero-order chi connectivity index (χ0) is 20.4. The van der Waals surface area contributed by atoms with Crippen LogP contribution in [0, 0.1) is 0 Å². The molecule has 1 aliphatic heterocycles. The van der Waals surface area contributed by atoms with Gasteiger partial charge in [0.2, 0.25) is 5.91 Å². The van der Waals surface area contributed by atoms with Crippen LogP contribution in [0.25, 0.3) is 10.8 Å². The number of carboxylic acids is 1. The van der Waals surface area contributed by atoms with E-state index in [1.807, 2.05) is 18.2 Å². The highest BCUT2D eigenvalue weighted by Gasteiger charge is 2.25. The van der Waals surface area contributed by atoms with Crippen LogP contribution in [-0.4, -0.2) is 44.8 Å². The fourth-order valence-corrected chi connectivity index (χ4v) is 3.87. The third-order valence-corrected chi connectivity index (χ3v) is 5.43. The van der Waals surface area contributed by atoms with Crippen LogP contribution in [0.1, 0.15) is 34.7 Å². The molecule has 148 valence electrons. The number of carboxylic acid groups (broad SMARTS) is 1. The van der Waals surface area contributed by atoms with Crippen LogP contribution in [-0.2, 0) is 11.3 Å². The molecule has 1 atom stereocenters. The number of nitrogens with zero attached hydrogens (tertiary/aromatic N) is 3. The summed E-state index contributed by atoms with van der Waals surface area (Å²) in [5.41, 5.74) is 0.889. The summed E-state index contributed by atoms with van der Waals surface area (Å²) in [6.07, 6.45) is 3.31. The first-order chi connectivity index (χ1) is 14.0. The van der Waals surface area contributed by atoms with Gasteiger partial charge in [0, 0.05) is 24.4 Å². The highest BCUT2D eigenvalue weighted by Crippen LogP contribution is 2.27. The molecule has 7 nitrogen and oxygen atoms in total. The minimum atomic E-state index is -0.961. The van der Waals surface area contributed by atoms with Crippen molar-refractivity contribution in [2.45, 2.75) is 25.3 Å². The Hall–Kier alpha value is -3.48. The average molecular weight is 391 g/mol. The number of carbonyl (C=O) groups excluding carboxylic acids is 1. The molecule has 29 heavy (non-hydrogen) atoms. The fraction of sp³-hybridized carbons (Fsp3) is 0.273. The molecular weight excluding hydrogens is 370 g/mol. The Kier molecular flexibility index (Phi) is 5.12. The van der Waals surface area contributed by atoms with E-state index in [9.17, 15) is 19.5 Å². The van der Waals surface area contributed by atoms with Crippen LogP contribution in [0.3, 0.4) is 0 Å².